The molecule has 1 N–H and O–H groups in total. The van der Waals surface area contributed by atoms with E-state index in [-0.39, 0.29) is 11.8 Å². The average molecular weight is 421 g/mol. The number of hydrogen-bond acceptors (Lipinski definition) is 4. The Balaban J connectivity index is 0.00000117. The van der Waals surface area contributed by atoms with E-state index >= 15 is 0 Å². The summed E-state index contributed by atoms with van der Waals surface area (Å²) in [4.78, 5) is 1.21. The van der Waals surface area contributed by atoms with Gasteiger partial charge in [0.15, 0.2) is 0 Å². The number of halogens is 3. The summed E-state index contributed by atoms with van der Waals surface area (Å²) >= 11 is 1.67. The number of anilines is 1. The number of fused-ring (bicyclic) bond motifs is 1. The van der Waals surface area contributed by atoms with Gasteiger partial charge in [-0.1, -0.05) is 38.1 Å². The smallest absolute Gasteiger partial charge is 0.488 e. The van der Waals surface area contributed by atoms with Crippen molar-refractivity contribution in [2.45, 2.75) is 33.2 Å². The fourth-order valence-corrected chi connectivity index (χ4v) is 4.14. The van der Waals surface area contributed by atoms with Crippen LogP contribution in [0.5, 0.6) is 11.5 Å². The van der Waals surface area contributed by atoms with Crippen LogP contribution in [-0.4, -0.2) is 13.0 Å². The maximum Gasteiger partial charge on any atom is 0.573 e. The first-order chi connectivity index (χ1) is 13.9. The van der Waals surface area contributed by atoms with Crippen LogP contribution in [-0.2, 0) is 0 Å². The van der Waals surface area contributed by atoms with E-state index in [1.54, 1.807) is 17.4 Å². The predicted molar refractivity (Wildman–Crippen MR) is 111 cm³/mol. The number of alkyl halides is 3. The van der Waals surface area contributed by atoms with Gasteiger partial charge in [-0.3, -0.25) is 0 Å². The quantitative estimate of drug-likeness (QED) is 0.485. The van der Waals surface area contributed by atoms with Crippen molar-refractivity contribution in [1.29, 1.82) is 0 Å². The Hall–Kier alpha value is -2.67. The number of aryl methyl sites for hydroxylation is 1. The van der Waals surface area contributed by atoms with Crippen molar-refractivity contribution in [1.82, 2.24) is 0 Å². The van der Waals surface area contributed by atoms with Crippen molar-refractivity contribution in [3.05, 3.63) is 64.4 Å². The van der Waals surface area contributed by atoms with Crippen LogP contribution in [0.1, 0.15) is 30.3 Å². The van der Waals surface area contributed by atoms with Gasteiger partial charge in [0.1, 0.15) is 18.1 Å². The number of para-hydroxylation sites is 1. The standard InChI is InChI=1S/C20H16F3NO2S.C2H6/c1-12-8-9-27-19(12)17-11-25-18-15(6-3-7-16(18)24-17)13-4-2-5-14(10-13)26-20(21,22)23;1-2/h2-10,17,24H,11H2,1H3;1-2H3. The zero-order valence-corrected chi connectivity index (χ0v) is 17.2. The number of hydrogen-bond donors (Lipinski definition) is 1. The Morgan fingerprint density at radius 3 is 2.55 bits per heavy atom. The van der Waals surface area contributed by atoms with Gasteiger partial charge in [-0.25, -0.2) is 0 Å². The number of rotatable bonds is 3. The summed E-state index contributed by atoms with van der Waals surface area (Å²) in [6.07, 6.45) is -4.72. The molecule has 0 fully saturated rings. The van der Waals surface area contributed by atoms with E-state index in [9.17, 15) is 13.2 Å². The molecule has 3 nitrogen and oxygen atoms in total. The summed E-state index contributed by atoms with van der Waals surface area (Å²) in [5.41, 5.74) is 3.34. The lowest BCUT2D eigenvalue weighted by Gasteiger charge is -2.29. The summed E-state index contributed by atoms with van der Waals surface area (Å²) in [5, 5.41) is 5.52. The topological polar surface area (TPSA) is 30.5 Å². The maximum absolute atomic E-state index is 12.5. The number of thiophene rings is 1. The van der Waals surface area contributed by atoms with Gasteiger partial charge in [0, 0.05) is 10.4 Å². The highest BCUT2D eigenvalue weighted by Gasteiger charge is 2.31. The second kappa shape index (κ2) is 8.78. The van der Waals surface area contributed by atoms with Crippen LogP contribution in [0.3, 0.4) is 0 Å². The van der Waals surface area contributed by atoms with Gasteiger partial charge < -0.3 is 14.8 Å². The van der Waals surface area contributed by atoms with Crippen molar-refractivity contribution in [2.75, 3.05) is 11.9 Å². The van der Waals surface area contributed by atoms with Crippen molar-refractivity contribution in [2.24, 2.45) is 0 Å². The minimum absolute atomic E-state index is 0.0487. The van der Waals surface area contributed by atoms with Crippen LogP contribution >= 0.6 is 11.3 Å². The van der Waals surface area contributed by atoms with Crippen LogP contribution in [0, 0.1) is 6.92 Å². The van der Waals surface area contributed by atoms with Gasteiger partial charge in [-0.05, 0) is 47.7 Å². The Bertz CT molecular complexity index is 969. The highest BCUT2D eigenvalue weighted by atomic mass is 32.1. The highest BCUT2D eigenvalue weighted by molar-refractivity contribution is 7.10. The molecule has 4 rings (SSSR count). The van der Waals surface area contributed by atoms with Crippen molar-refractivity contribution < 1.29 is 22.6 Å². The molecule has 0 aliphatic carbocycles. The van der Waals surface area contributed by atoms with Crippen molar-refractivity contribution in [3.8, 4) is 22.6 Å². The summed E-state index contributed by atoms with van der Waals surface area (Å²) in [6, 6.07) is 13.6. The molecule has 29 heavy (non-hydrogen) atoms. The fourth-order valence-electron chi connectivity index (χ4n) is 3.17. The van der Waals surface area contributed by atoms with Crippen molar-refractivity contribution >= 4 is 17.0 Å². The van der Waals surface area contributed by atoms with Crippen molar-refractivity contribution in [3.63, 3.8) is 0 Å². The predicted octanol–water partition coefficient (Wildman–Crippen LogP) is 7.19. The zero-order chi connectivity index (χ0) is 21.0. The van der Waals surface area contributed by atoms with Gasteiger partial charge in [0.2, 0.25) is 0 Å². The average Bonchev–Trinajstić information content (AvgIpc) is 3.13. The molecule has 1 unspecified atom stereocenters. The second-order valence-electron chi connectivity index (χ2n) is 6.23. The molecule has 1 aliphatic rings. The Morgan fingerprint density at radius 1 is 1.10 bits per heavy atom. The molecular formula is C22H22F3NO2S. The molecule has 2 heterocycles. The van der Waals surface area contributed by atoms with Gasteiger partial charge >= 0.3 is 6.36 Å². The van der Waals surface area contributed by atoms with Crippen LogP contribution < -0.4 is 14.8 Å². The van der Waals surface area contributed by atoms with Crippen LogP contribution in [0.2, 0.25) is 0 Å². The number of benzene rings is 2. The first-order valence-electron chi connectivity index (χ1n) is 9.33. The van der Waals surface area contributed by atoms with E-state index < -0.39 is 6.36 Å². The molecule has 0 saturated carbocycles. The number of ether oxygens (including phenoxy) is 2. The molecule has 0 radical (unpaired) electrons. The van der Waals surface area contributed by atoms with E-state index in [4.69, 9.17) is 4.74 Å². The third kappa shape index (κ3) is 4.85. The Kier molecular flexibility index (Phi) is 6.37. The van der Waals surface area contributed by atoms with E-state index in [0.717, 1.165) is 5.69 Å². The van der Waals surface area contributed by atoms with Crippen LogP contribution in [0.4, 0.5) is 18.9 Å². The third-order valence-electron chi connectivity index (χ3n) is 4.34. The van der Waals surface area contributed by atoms with Crippen LogP contribution in [0.25, 0.3) is 11.1 Å². The summed E-state index contributed by atoms with van der Waals surface area (Å²) < 4.78 is 47.6. The van der Waals surface area contributed by atoms with Gasteiger partial charge in [0.25, 0.3) is 0 Å². The molecule has 7 heteroatoms. The first-order valence-corrected chi connectivity index (χ1v) is 10.2. The van der Waals surface area contributed by atoms with E-state index in [0.29, 0.717) is 23.5 Å². The van der Waals surface area contributed by atoms with E-state index in [1.165, 1.54) is 28.6 Å². The SMILES string of the molecule is CC.Cc1ccsc1C1COc2c(cccc2-c2cccc(OC(F)(F)F)c2)N1. The molecular weight excluding hydrogens is 399 g/mol. The molecule has 3 aromatic rings. The highest BCUT2D eigenvalue weighted by Crippen LogP contribution is 2.43. The molecule has 2 aromatic carbocycles. The third-order valence-corrected chi connectivity index (χ3v) is 5.47. The Labute approximate surface area is 172 Å². The molecule has 1 atom stereocenters. The monoisotopic (exact) mass is 421 g/mol. The van der Waals surface area contributed by atoms with E-state index in [2.05, 4.69) is 23.0 Å². The number of nitrogens with one attached hydrogen (secondary N) is 1. The summed E-state index contributed by atoms with van der Waals surface area (Å²) in [6.45, 7) is 6.51. The lowest BCUT2D eigenvalue weighted by atomic mass is 10.0. The molecule has 0 amide bonds. The van der Waals surface area contributed by atoms with Gasteiger partial charge in [0.05, 0.1) is 11.7 Å². The first kappa shape index (κ1) is 21.0. The summed E-state index contributed by atoms with van der Waals surface area (Å²) in [7, 11) is 0. The van der Waals surface area contributed by atoms with Gasteiger partial charge in [-0.15, -0.1) is 24.5 Å². The Morgan fingerprint density at radius 2 is 1.86 bits per heavy atom. The second-order valence-corrected chi connectivity index (χ2v) is 7.18. The molecule has 0 saturated heterocycles. The van der Waals surface area contributed by atoms with Crippen LogP contribution in [0.15, 0.2) is 53.9 Å². The molecule has 154 valence electrons. The molecule has 0 spiro atoms. The largest absolute Gasteiger partial charge is 0.573 e. The fraction of sp³-hybridized carbons (Fsp3) is 0.273. The molecule has 1 aromatic heterocycles. The van der Waals surface area contributed by atoms with Gasteiger partial charge in [-0.2, -0.15) is 0 Å². The maximum atomic E-state index is 12.5. The minimum Gasteiger partial charge on any atom is -0.488 e. The lowest BCUT2D eigenvalue weighted by molar-refractivity contribution is -0.274. The zero-order valence-electron chi connectivity index (χ0n) is 16.3. The summed E-state index contributed by atoms with van der Waals surface area (Å²) in [5.74, 6) is 0.376. The van der Waals surface area contributed by atoms with E-state index in [1.807, 2.05) is 37.4 Å². The minimum atomic E-state index is -4.72. The normalized spacial score (nSPS) is 15.3. The molecule has 1 aliphatic heterocycles. The molecule has 0 bridgehead atoms. The lowest BCUT2D eigenvalue weighted by Crippen LogP contribution is -2.24.